The van der Waals surface area contributed by atoms with Gasteiger partial charge in [0.25, 0.3) is 11.5 Å². The van der Waals surface area contributed by atoms with Crippen molar-refractivity contribution in [3.63, 3.8) is 0 Å². The van der Waals surface area contributed by atoms with E-state index in [1.165, 1.54) is 40.5 Å². The van der Waals surface area contributed by atoms with Crippen molar-refractivity contribution < 1.29 is 24.4 Å². The van der Waals surface area contributed by atoms with Crippen LogP contribution in [0, 0.1) is 24.0 Å². The summed E-state index contributed by atoms with van der Waals surface area (Å²) >= 11 is 1.27. The molecule has 1 fully saturated rings. The molecule has 0 spiro atoms. The van der Waals surface area contributed by atoms with Crippen molar-refractivity contribution >= 4 is 49.8 Å². The molecule has 6 rings (SSSR count). The second kappa shape index (κ2) is 9.02. The summed E-state index contributed by atoms with van der Waals surface area (Å²) in [7, 11) is 0. The average molecular weight is 542 g/mol. The summed E-state index contributed by atoms with van der Waals surface area (Å²) in [5.41, 5.74) is 4.17. The van der Waals surface area contributed by atoms with Gasteiger partial charge in [-0.3, -0.25) is 24.6 Å². The van der Waals surface area contributed by atoms with Crippen LogP contribution >= 0.6 is 11.3 Å². The number of anilines is 1. The predicted octanol–water partition coefficient (Wildman–Crippen LogP) is 5.77. The van der Waals surface area contributed by atoms with Gasteiger partial charge in [0.15, 0.2) is 5.13 Å². The zero-order chi connectivity index (χ0) is 27.6. The van der Waals surface area contributed by atoms with Crippen LogP contribution in [0.1, 0.15) is 40.8 Å². The van der Waals surface area contributed by atoms with Gasteiger partial charge in [-0.15, -0.1) is 0 Å². The molecule has 0 radical (unpaired) electrons. The molecule has 1 saturated heterocycles. The number of aliphatic hydroxyl groups excluding tert-OH is 1. The first kappa shape index (κ1) is 24.7. The molecule has 1 aromatic heterocycles. The second-order valence-electron chi connectivity index (χ2n) is 9.90. The van der Waals surface area contributed by atoms with E-state index in [0.717, 1.165) is 26.9 Å². The van der Waals surface area contributed by atoms with E-state index in [1.54, 1.807) is 18.2 Å². The summed E-state index contributed by atoms with van der Waals surface area (Å²) in [6.07, 6.45) is 0.648. The van der Waals surface area contributed by atoms with Crippen LogP contribution in [0.15, 0.2) is 60.2 Å². The Labute approximate surface area is 227 Å². The first-order chi connectivity index (χ1) is 18.6. The van der Waals surface area contributed by atoms with E-state index >= 15 is 0 Å². The number of aryl methyl sites for hydroxylation is 2. The topological polar surface area (TPSA) is 123 Å². The number of non-ortho nitro benzene ring substituents is 1. The van der Waals surface area contributed by atoms with Gasteiger partial charge >= 0.3 is 5.91 Å². The van der Waals surface area contributed by atoms with Crippen LogP contribution < -0.4 is 9.64 Å². The SMILES string of the molecule is Cc1cc(C)c2nc(N3C(=O)C(=O)/C(=C(\O)c4ccc5c(c4)CC(C)O5)C3c3ccc([N+](=O)[O-])cc3)sc2c1. The molecule has 2 atom stereocenters. The number of nitrogens with zero attached hydrogens (tertiary/aromatic N) is 3. The molecule has 0 aliphatic carbocycles. The molecule has 1 amide bonds. The van der Waals surface area contributed by atoms with Gasteiger partial charge in [-0.1, -0.05) is 17.4 Å². The van der Waals surface area contributed by atoms with Crippen LogP contribution in [-0.2, 0) is 16.0 Å². The van der Waals surface area contributed by atoms with Gasteiger partial charge in [0, 0.05) is 24.1 Å². The fourth-order valence-corrected chi connectivity index (χ4v) is 6.48. The molecule has 196 valence electrons. The number of hydrogen-bond donors (Lipinski definition) is 1. The number of rotatable bonds is 4. The van der Waals surface area contributed by atoms with Crippen LogP contribution in [0.4, 0.5) is 10.8 Å². The predicted molar refractivity (Wildman–Crippen MR) is 147 cm³/mol. The Morgan fingerprint density at radius 3 is 2.59 bits per heavy atom. The number of carbonyl (C=O) groups is 2. The van der Waals surface area contributed by atoms with Crippen LogP contribution in [0.25, 0.3) is 16.0 Å². The van der Waals surface area contributed by atoms with E-state index < -0.39 is 22.7 Å². The van der Waals surface area contributed by atoms with Crippen LogP contribution in [0.5, 0.6) is 5.75 Å². The third-order valence-corrected chi connectivity index (χ3v) is 8.06. The minimum Gasteiger partial charge on any atom is -0.507 e. The summed E-state index contributed by atoms with van der Waals surface area (Å²) in [4.78, 5) is 43.8. The van der Waals surface area contributed by atoms with Crippen molar-refractivity contribution in [2.45, 2.75) is 39.3 Å². The minimum absolute atomic E-state index is 0.00536. The number of nitro groups is 1. The fraction of sp³-hybridized carbons (Fsp3) is 0.207. The Hall–Kier alpha value is -4.57. The number of benzene rings is 3. The molecule has 0 saturated carbocycles. The number of Topliss-reactive ketones (excluding diaryl/α,β-unsaturated/α-hetero) is 1. The standard InChI is InChI=1S/C29H23N3O6S/c1-14-10-15(2)24-22(11-14)39-29(30-24)31-25(17-4-7-20(8-5-17)32(36)37)23(27(34)28(31)35)26(33)18-6-9-21-19(13-18)12-16(3)38-21/h4-11,13,16,25,33H,12H2,1-3H3/b26-23-. The summed E-state index contributed by atoms with van der Waals surface area (Å²) < 4.78 is 6.62. The highest BCUT2D eigenvalue weighted by molar-refractivity contribution is 7.22. The van der Waals surface area contributed by atoms with Gasteiger partial charge in [0.05, 0.1) is 26.8 Å². The Kier molecular flexibility index (Phi) is 5.72. The molecule has 2 aliphatic heterocycles. The molecule has 3 heterocycles. The van der Waals surface area contributed by atoms with Gasteiger partial charge in [-0.05, 0) is 79.4 Å². The number of thiazole rings is 1. The van der Waals surface area contributed by atoms with Crippen molar-refractivity contribution in [1.82, 2.24) is 4.98 Å². The number of fused-ring (bicyclic) bond motifs is 2. The van der Waals surface area contributed by atoms with Gasteiger partial charge in [-0.25, -0.2) is 4.98 Å². The number of ketones is 1. The lowest BCUT2D eigenvalue weighted by Gasteiger charge is -2.23. The molecule has 39 heavy (non-hydrogen) atoms. The smallest absolute Gasteiger partial charge is 0.301 e. The van der Waals surface area contributed by atoms with E-state index in [2.05, 4.69) is 0 Å². The summed E-state index contributed by atoms with van der Waals surface area (Å²) in [6, 6.07) is 13.7. The third kappa shape index (κ3) is 4.04. The van der Waals surface area contributed by atoms with Crippen molar-refractivity contribution in [3.8, 4) is 5.75 Å². The van der Waals surface area contributed by atoms with Gasteiger partial charge in [-0.2, -0.15) is 0 Å². The highest BCUT2D eigenvalue weighted by Crippen LogP contribution is 2.45. The van der Waals surface area contributed by atoms with Crippen molar-refractivity contribution in [2.75, 3.05) is 4.90 Å². The summed E-state index contributed by atoms with van der Waals surface area (Å²) in [6.45, 7) is 5.84. The number of hydrogen-bond acceptors (Lipinski definition) is 8. The van der Waals surface area contributed by atoms with Crippen molar-refractivity contribution in [1.29, 1.82) is 0 Å². The van der Waals surface area contributed by atoms with E-state index in [-0.39, 0.29) is 23.1 Å². The number of aliphatic hydroxyl groups is 1. The lowest BCUT2D eigenvalue weighted by atomic mass is 9.94. The zero-order valence-corrected chi connectivity index (χ0v) is 22.1. The number of carbonyl (C=O) groups excluding carboxylic acids is 2. The Morgan fingerprint density at radius 2 is 1.87 bits per heavy atom. The molecular formula is C29H23N3O6S. The summed E-state index contributed by atoms with van der Waals surface area (Å²) in [5, 5.41) is 23.1. The van der Waals surface area contributed by atoms with Gasteiger partial charge in [0.1, 0.15) is 17.6 Å². The molecule has 3 aromatic carbocycles. The van der Waals surface area contributed by atoms with E-state index in [1.807, 2.05) is 32.9 Å². The largest absolute Gasteiger partial charge is 0.507 e. The molecule has 4 aromatic rings. The average Bonchev–Trinajstić information content (AvgIpc) is 3.56. The Bertz CT molecular complexity index is 1740. The first-order valence-electron chi connectivity index (χ1n) is 12.4. The van der Waals surface area contributed by atoms with Crippen LogP contribution in [0.2, 0.25) is 0 Å². The molecule has 2 aliphatic rings. The second-order valence-corrected chi connectivity index (χ2v) is 10.9. The van der Waals surface area contributed by atoms with Crippen LogP contribution in [-0.4, -0.2) is 32.8 Å². The highest BCUT2D eigenvalue weighted by Gasteiger charge is 2.48. The van der Waals surface area contributed by atoms with Gasteiger partial charge < -0.3 is 9.84 Å². The highest BCUT2D eigenvalue weighted by atomic mass is 32.1. The number of nitro benzene ring substituents is 1. The lowest BCUT2D eigenvalue weighted by molar-refractivity contribution is -0.384. The molecule has 10 heteroatoms. The molecule has 9 nitrogen and oxygen atoms in total. The Balaban J connectivity index is 1.54. The zero-order valence-electron chi connectivity index (χ0n) is 21.3. The lowest BCUT2D eigenvalue weighted by Crippen LogP contribution is -2.29. The maximum Gasteiger partial charge on any atom is 0.301 e. The Morgan fingerprint density at radius 1 is 1.13 bits per heavy atom. The number of amides is 1. The van der Waals surface area contributed by atoms with Gasteiger partial charge in [0.2, 0.25) is 0 Å². The maximum atomic E-state index is 13.5. The quantitative estimate of drug-likeness (QED) is 0.114. The van der Waals surface area contributed by atoms with Crippen molar-refractivity contribution in [3.05, 3.63) is 98.1 Å². The fourth-order valence-electron chi connectivity index (χ4n) is 5.31. The summed E-state index contributed by atoms with van der Waals surface area (Å²) in [5.74, 6) is -1.29. The monoisotopic (exact) mass is 541 g/mol. The normalized spacial score (nSPS) is 19.9. The van der Waals surface area contributed by atoms with E-state index in [0.29, 0.717) is 28.4 Å². The molecule has 2 unspecified atom stereocenters. The number of aromatic nitrogens is 1. The molecular weight excluding hydrogens is 518 g/mol. The molecule has 1 N–H and O–H groups in total. The number of ether oxygens (including phenoxy) is 1. The first-order valence-corrected chi connectivity index (χ1v) is 13.2. The minimum atomic E-state index is -1.03. The third-order valence-electron chi connectivity index (χ3n) is 7.06. The van der Waals surface area contributed by atoms with E-state index in [9.17, 15) is 24.8 Å². The maximum absolute atomic E-state index is 13.5. The van der Waals surface area contributed by atoms with E-state index in [4.69, 9.17) is 9.72 Å². The molecule has 0 bridgehead atoms. The van der Waals surface area contributed by atoms with Crippen LogP contribution in [0.3, 0.4) is 0 Å². The van der Waals surface area contributed by atoms with Crippen molar-refractivity contribution in [2.24, 2.45) is 0 Å².